The van der Waals surface area contributed by atoms with Crippen molar-refractivity contribution in [3.63, 3.8) is 0 Å². The van der Waals surface area contributed by atoms with Gasteiger partial charge in [-0.25, -0.2) is 4.79 Å². The van der Waals surface area contributed by atoms with Gasteiger partial charge in [-0.05, 0) is 38.2 Å². The van der Waals surface area contributed by atoms with Crippen LogP contribution in [0.1, 0.15) is 27.2 Å². The number of aromatic carboxylic acids is 1. The molecule has 0 fully saturated rings. The number of methoxy groups -OCH3 is 1. The van der Waals surface area contributed by atoms with Gasteiger partial charge in [0.25, 0.3) is 0 Å². The van der Waals surface area contributed by atoms with Gasteiger partial charge in [-0.1, -0.05) is 0 Å². The molecule has 0 spiro atoms. The van der Waals surface area contributed by atoms with Gasteiger partial charge in [0.15, 0.2) is 0 Å². The normalized spacial score (nSPS) is 10.9. The molecule has 0 saturated carbocycles. The van der Waals surface area contributed by atoms with Crippen LogP contribution in [-0.2, 0) is 13.1 Å². The van der Waals surface area contributed by atoms with E-state index >= 15 is 0 Å². The summed E-state index contributed by atoms with van der Waals surface area (Å²) in [6.07, 6.45) is 1.67. The Hall–Kier alpha value is -2.27. The smallest absolute Gasteiger partial charge is 0.335 e. The Kier molecular flexibility index (Phi) is 4.65. The van der Waals surface area contributed by atoms with Crippen molar-refractivity contribution >= 4 is 5.97 Å². The van der Waals surface area contributed by atoms with Crippen LogP contribution in [-0.4, -0.2) is 30.1 Å². The van der Waals surface area contributed by atoms with E-state index in [0.717, 1.165) is 23.4 Å². The fraction of sp³-hybridized carbons (Fsp3) is 0.312. The second-order valence-electron chi connectivity index (χ2n) is 5.01. The third-order valence-electron chi connectivity index (χ3n) is 3.37. The van der Waals surface area contributed by atoms with E-state index in [1.807, 2.05) is 20.0 Å². The molecule has 0 bridgehead atoms. The van der Waals surface area contributed by atoms with Crippen LogP contribution in [0.4, 0.5) is 0 Å². The summed E-state index contributed by atoms with van der Waals surface area (Å²) >= 11 is 0. The third kappa shape index (κ3) is 3.64. The molecule has 0 atom stereocenters. The van der Waals surface area contributed by atoms with Crippen LogP contribution in [0.15, 0.2) is 34.9 Å². The first kappa shape index (κ1) is 15.1. The summed E-state index contributed by atoms with van der Waals surface area (Å²) < 4.78 is 10.6. The first-order chi connectivity index (χ1) is 10.0. The van der Waals surface area contributed by atoms with Crippen LogP contribution < -0.4 is 4.74 Å². The molecule has 0 saturated heterocycles. The van der Waals surface area contributed by atoms with Crippen LogP contribution in [0.5, 0.6) is 5.75 Å². The zero-order chi connectivity index (χ0) is 15.4. The minimum absolute atomic E-state index is 0.263. The summed E-state index contributed by atoms with van der Waals surface area (Å²) in [6.45, 7) is 3.24. The average molecular weight is 289 g/mol. The molecule has 5 heteroatoms. The topological polar surface area (TPSA) is 62.9 Å². The molecular weight excluding hydrogens is 270 g/mol. The van der Waals surface area contributed by atoms with Gasteiger partial charge in [-0.2, -0.15) is 0 Å². The molecule has 0 unspecified atom stereocenters. The number of rotatable bonds is 6. The van der Waals surface area contributed by atoms with Crippen LogP contribution in [0.3, 0.4) is 0 Å². The largest absolute Gasteiger partial charge is 0.496 e. The Morgan fingerprint density at radius 3 is 2.57 bits per heavy atom. The maximum Gasteiger partial charge on any atom is 0.335 e. The molecule has 1 aromatic carbocycles. The number of furan rings is 1. The molecule has 0 aliphatic rings. The number of hydrogen-bond donors (Lipinski definition) is 1. The van der Waals surface area contributed by atoms with E-state index in [-0.39, 0.29) is 5.56 Å². The summed E-state index contributed by atoms with van der Waals surface area (Å²) in [5.41, 5.74) is 2.23. The number of carboxylic acid groups (broad SMARTS) is 1. The molecule has 0 radical (unpaired) electrons. The van der Waals surface area contributed by atoms with Crippen molar-refractivity contribution in [1.29, 1.82) is 0 Å². The van der Waals surface area contributed by atoms with Crippen molar-refractivity contribution in [3.8, 4) is 5.75 Å². The first-order valence-corrected chi connectivity index (χ1v) is 6.63. The van der Waals surface area contributed by atoms with Gasteiger partial charge in [-0.15, -0.1) is 0 Å². The number of nitrogens with zero attached hydrogens (tertiary/aromatic N) is 1. The molecule has 0 amide bonds. The summed E-state index contributed by atoms with van der Waals surface area (Å²) in [5, 5.41) is 9.08. The lowest BCUT2D eigenvalue weighted by atomic mass is 10.1. The van der Waals surface area contributed by atoms with Crippen molar-refractivity contribution < 1.29 is 19.1 Å². The predicted molar refractivity (Wildman–Crippen MR) is 78.6 cm³/mol. The van der Waals surface area contributed by atoms with E-state index in [2.05, 4.69) is 4.90 Å². The lowest BCUT2D eigenvalue weighted by Crippen LogP contribution is -2.18. The summed E-state index contributed by atoms with van der Waals surface area (Å²) in [5.74, 6) is 0.649. The van der Waals surface area contributed by atoms with E-state index in [1.165, 1.54) is 0 Å². The Morgan fingerprint density at radius 2 is 2.00 bits per heavy atom. The van der Waals surface area contributed by atoms with E-state index in [4.69, 9.17) is 14.3 Å². The second-order valence-corrected chi connectivity index (χ2v) is 5.01. The predicted octanol–water partition coefficient (Wildman–Crippen LogP) is 2.93. The monoisotopic (exact) mass is 289 g/mol. The molecule has 2 aromatic rings. The highest BCUT2D eigenvalue weighted by atomic mass is 16.5. The summed E-state index contributed by atoms with van der Waals surface area (Å²) in [6, 6.07) is 6.83. The number of hydrogen-bond acceptors (Lipinski definition) is 4. The van der Waals surface area contributed by atoms with E-state index in [1.54, 1.807) is 31.6 Å². The van der Waals surface area contributed by atoms with Gasteiger partial charge in [0.1, 0.15) is 11.5 Å². The fourth-order valence-electron chi connectivity index (χ4n) is 2.25. The summed E-state index contributed by atoms with van der Waals surface area (Å²) in [4.78, 5) is 13.2. The first-order valence-electron chi connectivity index (χ1n) is 6.63. The molecule has 2 rings (SSSR count). The van der Waals surface area contributed by atoms with E-state index in [9.17, 15) is 4.79 Å². The molecule has 0 aliphatic carbocycles. The quantitative estimate of drug-likeness (QED) is 0.886. The highest BCUT2D eigenvalue weighted by molar-refractivity contribution is 5.88. The van der Waals surface area contributed by atoms with Crippen molar-refractivity contribution in [1.82, 2.24) is 4.90 Å². The minimum Gasteiger partial charge on any atom is -0.496 e. The molecule has 5 nitrogen and oxygen atoms in total. The van der Waals surface area contributed by atoms with Crippen molar-refractivity contribution in [2.45, 2.75) is 20.0 Å². The zero-order valence-corrected chi connectivity index (χ0v) is 12.4. The third-order valence-corrected chi connectivity index (χ3v) is 3.37. The van der Waals surface area contributed by atoms with Gasteiger partial charge in [-0.3, -0.25) is 4.90 Å². The molecule has 21 heavy (non-hydrogen) atoms. The second kappa shape index (κ2) is 6.45. The zero-order valence-electron chi connectivity index (χ0n) is 12.4. The standard InChI is InChI=1S/C16H19NO4/c1-11-13(6-7-21-11)9-17(2)10-14-8-12(16(18)19)4-5-15(14)20-3/h4-8H,9-10H2,1-3H3,(H,18,19). The molecule has 1 heterocycles. The number of ether oxygens (including phenoxy) is 1. The van der Waals surface area contributed by atoms with Crippen LogP contribution in [0.25, 0.3) is 0 Å². The van der Waals surface area contributed by atoms with Crippen molar-refractivity contribution in [2.75, 3.05) is 14.2 Å². The number of carboxylic acids is 1. The Labute approximate surface area is 123 Å². The highest BCUT2D eigenvalue weighted by Gasteiger charge is 2.12. The number of benzene rings is 1. The van der Waals surface area contributed by atoms with Gasteiger partial charge < -0.3 is 14.3 Å². The Balaban J connectivity index is 2.15. The Bertz CT molecular complexity index is 633. The SMILES string of the molecule is COc1ccc(C(=O)O)cc1CN(C)Cc1ccoc1C. The minimum atomic E-state index is -0.938. The summed E-state index contributed by atoms with van der Waals surface area (Å²) in [7, 11) is 3.55. The maximum absolute atomic E-state index is 11.1. The maximum atomic E-state index is 11.1. The van der Waals surface area contributed by atoms with Gasteiger partial charge in [0.2, 0.25) is 0 Å². The van der Waals surface area contributed by atoms with Gasteiger partial charge in [0.05, 0.1) is 18.9 Å². The number of carbonyl (C=O) groups is 1. The fourth-order valence-corrected chi connectivity index (χ4v) is 2.25. The molecule has 1 aromatic heterocycles. The number of aryl methyl sites for hydroxylation is 1. The average Bonchev–Trinajstić information content (AvgIpc) is 2.84. The lowest BCUT2D eigenvalue weighted by molar-refractivity contribution is 0.0696. The van der Waals surface area contributed by atoms with E-state index in [0.29, 0.717) is 12.3 Å². The van der Waals surface area contributed by atoms with Crippen molar-refractivity contribution in [2.24, 2.45) is 0 Å². The van der Waals surface area contributed by atoms with E-state index < -0.39 is 5.97 Å². The highest BCUT2D eigenvalue weighted by Crippen LogP contribution is 2.22. The molecule has 112 valence electrons. The van der Waals surface area contributed by atoms with Crippen LogP contribution in [0, 0.1) is 6.92 Å². The lowest BCUT2D eigenvalue weighted by Gasteiger charge is -2.18. The Morgan fingerprint density at radius 1 is 1.29 bits per heavy atom. The van der Waals surface area contributed by atoms with Crippen LogP contribution >= 0.6 is 0 Å². The van der Waals surface area contributed by atoms with Gasteiger partial charge >= 0.3 is 5.97 Å². The molecular formula is C16H19NO4. The van der Waals surface area contributed by atoms with Gasteiger partial charge in [0, 0.05) is 24.2 Å². The molecule has 0 aliphatic heterocycles. The van der Waals surface area contributed by atoms with Crippen LogP contribution in [0.2, 0.25) is 0 Å². The van der Waals surface area contributed by atoms with Crippen molar-refractivity contribution in [3.05, 3.63) is 53.0 Å². The molecule has 1 N–H and O–H groups in total.